The summed E-state index contributed by atoms with van der Waals surface area (Å²) in [5.41, 5.74) is 0.331. The van der Waals surface area contributed by atoms with E-state index in [2.05, 4.69) is 9.88 Å². The normalized spacial score (nSPS) is 28.9. The molecule has 3 fully saturated rings. The first kappa shape index (κ1) is 13.2. The lowest BCUT2D eigenvalue weighted by atomic mass is 9.83. The van der Waals surface area contributed by atoms with Gasteiger partial charge in [0, 0.05) is 37.9 Å². The lowest BCUT2D eigenvalue weighted by Gasteiger charge is -2.51. The van der Waals surface area contributed by atoms with Gasteiger partial charge >= 0.3 is 0 Å². The van der Waals surface area contributed by atoms with Gasteiger partial charge in [-0.2, -0.15) is 0 Å². The van der Waals surface area contributed by atoms with E-state index in [0.29, 0.717) is 0 Å². The van der Waals surface area contributed by atoms with Gasteiger partial charge in [0.05, 0.1) is 11.8 Å². The van der Waals surface area contributed by atoms with E-state index < -0.39 is 5.82 Å². The van der Waals surface area contributed by atoms with Gasteiger partial charge in [-0.15, -0.1) is 0 Å². The van der Waals surface area contributed by atoms with Crippen LogP contribution < -0.4 is 0 Å². The second-order valence-corrected chi connectivity index (χ2v) is 6.70. The molecule has 5 heteroatoms. The van der Waals surface area contributed by atoms with Crippen molar-refractivity contribution in [3.05, 3.63) is 29.8 Å². The number of nitrogens with zero attached hydrogens (tertiary/aromatic N) is 3. The Morgan fingerprint density at radius 3 is 2.86 bits per heavy atom. The molecule has 1 spiro atoms. The van der Waals surface area contributed by atoms with Crippen LogP contribution in [0.1, 0.15) is 36.0 Å². The molecule has 0 bridgehead atoms. The van der Waals surface area contributed by atoms with Crippen LogP contribution in [0.2, 0.25) is 0 Å². The molecule has 4 rings (SSSR count). The minimum Gasteiger partial charge on any atom is -0.337 e. The monoisotopic (exact) mass is 289 g/mol. The number of carbonyl (C=O) groups excluding carboxylic acids is 1. The van der Waals surface area contributed by atoms with Crippen molar-refractivity contribution in [3.8, 4) is 0 Å². The molecule has 0 aromatic carbocycles. The molecule has 2 aliphatic heterocycles. The van der Waals surface area contributed by atoms with Gasteiger partial charge in [-0.05, 0) is 37.7 Å². The summed E-state index contributed by atoms with van der Waals surface area (Å²) in [6.07, 6.45) is 7.50. The van der Waals surface area contributed by atoms with Crippen molar-refractivity contribution < 1.29 is 9.18 Å². The third-order valence-corrected chi connectivity index (χ3v) is 5.32. The fraction of sp³-hybridized carbons (Fsp3) is 0.625. The number of pyridine rings is 1. The van der Waals surface area contributed by atoms with Crippen LogP contribution in [-0.2, 0) is 0 Å². The molecule has 1 atom stereocenters. The van der Waals surface area contributed by atoms with Crippen LogP contribution in [-0.4, -0.2) is 52.4 Å². The Bertz CT molecular complexity index is 574. The van der Waals surface area contributed by atoms with Crippen LogP contribution >= 0.6 is 0 Å². The standard InChI is InChI=1S/C16H20FN3O/c17-14-9-18-6-3-13(14)15(21)19-7-4-16(11-19)5-8-20(16)10-12-1-2-12/h3,6,9,12H,1-2,4-5,7-8,10-11H2. The van der Waals surface area contributed by atoms with Crippen LogP contribution in [0.3, 0.4) is 0 Å². The zero-order valence-electron chi connectivity index (χ0n) is 12.1. The van der Waals surface area contributed by atoms with Gasteiger partial charge in [-0.1, -0.05) is 0 Å². The molecule has 0 radical (unpaired) electrons. The number of carbonyl (C=O) groups is 1. The van der Waals surface area contributed by atoms with Crippen LogP contribution in [0.5, 0.6) is 0 Å². The minimum atomic E-state index is -0.521. The van der Waals surface area contributed by atoms with E-state index in [9.17, 15) is 9.18 Å². The first-order chi connectivity index (χ1) is 10.2. The second-order valence-electron chi connectivity index (χ2n) is 6.70. The Balaban J connectivity index is 1.46. The lowest BCUT2D eigenvalue weighted by Crippen LogP contribution is -2.61. The largest absolute Gasteiger partial charge is 0.337 e. The molecule has 112 valence electrons. The molecule has 1 aromatic rings. The van der Waals surface area contributed by atoms with Crippen molar-refractivity contribution in [1.82, 2.24) is 14.8 Å². The van der Waals surface area contributed by atoms with Gasteiger partial charge in [0.15, 0.2) is 5.82 Å². The third kappa shape index (κ3) is 2.24. The van der Waals surface area contributed by atoms with Gasteiger partial charge in [-0.3, -0.25) is 14.7 Å². The highest BCUT2D eigenvalue weighted by molar-refractivity contribution is 5.94. The zero-order chi connectivity index (χ0) is 14.4. The van der Waals surface area contributed by atoms with E-state index in [4.69, 9.17) is 0 Å². The summed E-state index contributed by atoms with van der Waals surface area (Å²) < 4.78 is 13.7. The van der Waals surface area contributed by atoms with Gasteiger partial charge in [0.2, 0.25) is 0 Å². The molecule has 1 aliphatic carbocycles. The average Bonchev–Trinajstić information content (AvgIpc) is 3.18. The van der Waals surface area contributed by atoms with Gasteiger partial charge < -0.3 is 4.90 Å². The summed E-state index contributed by atoms with van der Waals surface area (Å²) in [4.78, 5) is 20.6. The fourth-order valence-electron chi connectivity index (χ4n) is 3.69. The maximum Gasteiger partial charge on any atom is 0.257 e. The summed E-state index contributed by atoms with van der Waals surface area (Å²) in [5.74, 6) is 0.168. The van der Waals surface area contributed by atoms with E-state index in [-0.39, 0.29) is 17.0 Å². The van der Waals surface area contributed by atoms with Crippen LogP contribution in [0, 0.1) is 11.7 Å². The van der Waals surface area contributed by atoms with E-state index >= 15 is 0 Å². The number of amides is 1. The Morgan fingerprint density at radius 2 is 2.19 bits per heavy atom. The summed E-state index contributed by atoms with van der Waals surface area (Å²) in [5, 5.41) is 0. The number of hydrogen-bond acceptors (Lipinski definition) is 3. The average molecular weight is 289 g/mol. The van der Waals surface area contributed by atoms with Crippen LogP contribution in [0.4, 0.5) is 4.39 Å². The van der Waals surface area contributed by atoms with Crippen molar-refractivity contribution in [1.29, 1.82) is 0 Å². The lowest BCUT2D eigenvalue weighted by molar-refractivity contribution is -0.00934. The Kier molecular flexibility index (Phi) is 2.99. The predicted octanol–water partition coefficient (Wildman–Crippen LogP) is 1.92. The maximum absolute atomic E-state index is 13.7. The summed E-state index contributed by atoms with van der Waals surface area (Å²) in [7, 11) is 0. The number of hydrogen-bond donors (Lipinski definition) is 0. The van der Waals surface area contributed by atoms with Gasteiger partial charge in [-0.25, -0.2) is 4.39 Å². The highest BCUT2D eigenvalue weighted by atomic mass is 19.1. The second kappa shape index (κ2) is 4.77. The third-order valence-electron chi connectivity index (χ3n) is 5.32. The van der Waals surface area contributed by atoms with Crippen LogP contribution in [0.15, 0.2) is 18.5 Å². The number of rotatable bonds is 3. The Morgan fingerprint density at radius 1 is 1.38 bits per heavy atom. The topological polar surface area (TPSA) is 36.4 Å². The first-order valence-electron chi connectivity index (χ1n) is 7.82. The van der Waals surface area contributed by atoms with Crippen LogP contribution in [0.25, 0.3) is 0 Å². The SMILES string of the molecule is O=C(c1ccncc1F)N1CCC2(CCN2CC2CC2)C1. The molecule has 1 unspecified atom stereocenters. The zero-order valence-corrected chi connectivity index (χ0v) is 12.1. The van der Waals surface area contributed by atoms with Crippen molar-refractivity contribution in [2.24, 2.45) is 5.92 Å². The minimum absolute atomic E-state index is 0.148. The van der Waals surface area contributed by atoms with Gasteiger partial charge in [0.1, 0.15) is 0 Å². The molecule has 3 aliphatic rings. The molecule has 1 amide bonds. The first-order valence-corrected chi connectivity index (χ1v) is 7.82. The van der Waals surface area contributed by atoms with Crippen molar-refractivity contribution >= 4 is 5.91 Å². The Hall–Kier alpha value is -1.49. The summed E-state index contributed by atoms with van der Waals surface area (Å²) in [6.45, 7) is 3.83. The Labute approximate surface area is 123 Å². The maximum atomic E-state index is 13.7. The van der Waals surface area contributed by atoms with E-state index in [0.717, 1.165) is 38.2 Å². The smallest absolute Gasteiger partial charge is 0.257 e. The van der Waals surface area contributed by atoms with Gasteiger partial charge in [0.25, 0.3) is 5.91 Å². The quantitative estimate of drug-likeness (QED) is 0.853. The molecule has 1 aromatic heterocycles. The molecule has 2 saturated heterocycles. The highest BCUT2D eigenvalue weighted by Crippen LogP contribution is 2.42. The molecule has 3 heterocycles. The molecule has 0 N–H and O–H groups in total. The fourth-order valence-corrected chi connectivity index (χ4v) is 3.69. The molecular weight excluding hydrogens is 269 g/mol. The molecular formula is C16H20FN3O. The van der Waals surface area contributed by atoms with Crippen molar-refractivity contribution in [3.63, 3.8) is 0 Å². The number of likely N-dealkylation sites (tertiary alicyclic amines) is 2. The van der Waals surface area contributed by atoms with Crippen molar-refractivity contribution in [2.75, 3.05) is 26.2 Å². The molecule has 21 heavy (non-hydrogen) atoms. The predicted molar refractivity (Wildman–Crippen MR) is 76.4 cm³/mol. The van der Waals surface area contributed by atoms with E-state index in [1.165, 1.54) is 38.1 Å². The summed E-state index contributed by atoms with van der Waals surface area (Å²) >= 11 is 0. The summed E-state index contributed by atoms with van der Waals surface area (Å²) in [6, 6.07) is 1.48. The van der Waals surface area contributed by atoms with E-state index in [1.807, 2.05) is 4.90 Å². The van der Waals surface area contributed by atoms with E-state index in [1.54, 1.807) is 0 Å². The molecule has 1 saturated carbocycles. The number of aromatic nitrogens is 1. The highest BCUT2D eigenvalue weighted by Gasteiger charge is 2.51. The van der Waals surface area contributed by atoms with Crippen molar-refractivity contribution in [2.45, 2.75) is 31.2 Å². The molecule has 4 nitrogen and oxygen atoms in total. The number of halogens is 1.